The van der Waals surface area contributed by atoms with Crippen LogP contribution in [0.3, 0.4) is 0 Å². The summed E-state index contributed by atoms with van der Waals surface area (Å²) in [5.74, 6) is 1.68. The van der Waals surface area contributed by atoms with Crippen LogP contribution in [0.15, 0.2) is 84.6 Å². The molecule has 2 aliphatic rings. The second kappa shape index (κ2) is 8.93. The average Bonchev–Trinajstić information content (AvgIpc) is 3.11. The number of rotatable bonds is 9. The van der Waals surface area contributed by atoms with Crippen molar-refractivity contribution in [1.82, 2.24) is 20.1 Å². The lowest BCUT2D eigenvalue weighted by atomic mass is 10.0. The van der Waals surface area contributed by atoms with E-state index in [0.29, 0.717) is 6.04 Å². The molecule has 0 saturated carbocycles. The van der Waals surface area contributed by atoms with Gasteiger partial charge in [-0.3, -0.25) is 0 Å². The van der Waals surface area contributed by atoms with E-state index >= 15 is 0 Å². The molecule has 5 heteroatoms. The van der Waals surface area contributed by atoms with Crippen LogP contribution in [-0.4, -0.2) is 47.5 Å². The highest BCUT2D eigenvalue weighted by molar-refractivity contribution is 5.44. The fraction of sp³-hybridized carbons (Fsp3) is 0.348. The maximum Gasteiger partial charge on any atom is 0.131 e. The maximum atomic E-state index is 4.36. The van der Waals surface area contributed by atoms with E-state index in [1.807, 2.05) is 25.2 Å². The maximum absolute atomic E-state index is 4.36. The van der Waals surface area contributed by atoms with E-state index in [9.17, 15) is 0 Å². The standard InChI is InChI=1S/C23H31N5/c1-17(18(2)11-14-24-5)9-10-22-19(3)28(21-12-15-27(22)16-21)20(4)26-23-8-6-7-13-25-23/h6-10,13,21,24H,1-2,4,11-12,14-16H2,3,5H3,(H,25,26)/b10-9-. The Morgan fingerprint density at radius 2 is 2.14 bits per heavy atom. The molecule has 1 aromatic heterocycles. The van der Waals surface area contributed by atoms with E-state index in [4.69, 9.17) is 0 Å². The van der Waals surface area contributed by atoms with Crippen LogP contribution in [0.25, 0.3) is 0 Å². The van der Waals surface area contributed by atoms with Crippen molar-refractivity contribution in [1.29, 1.82) is 0 Å². The smallest absolute Gasteiger partial charge is 0.131 e. The first-order valence-electron chi connectivity index (χ1n) is 9.83. The first-order valence-corrected chi connectivity index (χ1v) is 9.83. The minimum Gasteiger partial charge on any atom is -0.368 e. The van der Waals surface area contributed by atoms with Gasteiger partial charge < -0.3 is 20.4 Å². The first-order chi connectivity index (χ1) is 13.5. The highest BCUT2D eigenvalue weighted by Crippen LogP contribution is 2.34. The summed E-state index contributed by atoms with van der Waals surface area (Å²) < 4.78 is 0. The summed E-state index contributed by atoms with van der Waals surface area (Å²) in [5.41, 5.74) is 4.47. The molecule has 1 atom stereocenters. The molecular weight excluding hydrogens is 346 g/mol. The van der Waals surface area contributed by atoms with E-state index in [0.717, 1.165) is 55.3 Å². The molecule has 0 spiro atoms. The summed E-state index contributed by atoms with van der Waals surface area (Å²) >= 11 is 0. The lowest BCUT2D eigenvalue weighted by Crippen LogP contribution is -2.42. The predicted molar refractivity (Wildman–Crippen MR) is 117 cm³/mol. The van der Waals surface area contributed by atoms with Crippen molar-refractivity contribution < 1.29 is 0 Å². The number of pyridine rings is 1. The third kappa shape index (κ3) is 4.37. The van der Waals surface area contributed by atoms with E-state index in [-0.39, 0.29) is 0 Å². The third-order valence-electron chi connectivity index (χ3n) is 5.40. The van der Waals surface area contributed by atoms with Crippen molar-refractivity contribution in [3.63, 3.8) is 0 Å². The average molecular weight is 378 g/mol. The molecule has 3 rings (SSSR count). The Morgan fingerprint density at radius 1 is 1.32 bits per heavy atom. The largest absolute Gasteiger partial charge is 0.368 e. The normalized spacial score (nSPS) is 18.7. The molecule has 5 nitrogen and oxygen atoms in total. The molecule has 1 aromatic rings. The van der Waals surface area contributed by atoms with Crippen LogP contribution in [0.4, 0.5) is 5.82 Å². The fourth-order valence-electron chi connectivity index (χ4n) is 3.82. The molecule has 0 amide bonds. The van der Waals surface area contributed by atoms with Gasteiger partial charge >= 0.3 is 0 Å². The van der Waals surface area contributed by atoms with Gasteiger partial charge in [0.15, 0.2) is 0 Å². The van der Waals surface area contributed by atoms with Gasteiger partial charge in [-0.2, -0.15) is 0 Å². The molecule has 0 aromatic carbocycles. The van der Waals surface area contributed by atoms with Crippen molar-refractivity contribution in [3.8, 4) is 0 Å². The molecule has 0 aliphatic carbocycles. The van der Waals surface area contributed by atoms with Crippen LogP contribution in [-0.2, 0) is 0 Å². The zero-order chi connectivity index (χ0) is 20.1. The number of anilines is 1. The molecule has 1 unspecified atom stereocenters. The van der Waals surface area contributed by atoms with Crippen molar-refractivity contribution in [3.05, 3.63) is 84.6 Å². The van der Waals surface area contributed by atoms with Crippen molar-refractivity contribution in [2.24, 2.45) is 0 Å². The molecule has 148 valence electrons. The van der Waals surface area contributed by atoms with E-state index < -0.39 is 0 Å². The molecular formula is C23H31N5. The van der Waals surface area contributed by atoms with Crippen LogP contribution in [0.1, 0.15) is 19.8 Å². The van der Waals surface area contributed by atoms with Crippen molar-refractivity contribution in [2.75, 3.05) is 32.0 Å². The molecule has 2 N–H and O–H groups in total. The van der Waals surface area contributed by atoms with E-state index in [1.54, 1.807) is 6.20 Å². The van der Waals surface area contributed by atoms with Gasteiger partial charge in [0.2, 0.25) is 0 Å². The number of nitrogens with zero attached hydrogens (tertiary/aromatic N) is 3. The highest BCUT2D eigenvalue weighted by atomic mass is 15.4. The van der Waals surface area contributed by atoms with Gasteiger partial charge in [-0.15, -0.1) is 0 Å². The zero-order valence-electron chi connectivity index (χ0n) is 17.0. The van der Waals surface area contributed by atoms with Gasteiger partial charge in [-0.05, 0) is 62.7 Å². The minimum absolute atomic E-state index is 0.439. The molecule has 1 saturated heterocycles. The molecule has 1 fully saturated rings. The number of fused-ring (bicyclic) bond motifs is 2. The topological polar surface area (TPSA) is 43.4 Å². The fourth-order valence-corrected chi connectivity index (χ4v) is 3.82. The first kappa shape index (κ1) is 20.0. The molecule has 3 heterocycles. The number of allylic oxidation sites excluding steroid dienone is 4. The SMILES string of the molecule is C=C(/C=C\C1=C(C)N(C(=C)Nc2ccccn2)C2CCN1C2)C(=C)CCNC. The Morgan fingerprint density at radius 3 is 2.86 bits per heavy atom. The summed E-state index contributed by atoms with van der Waals surface area (Å²) in [5, 5.41) is 6.51. The van der Waals surface area contributed by atoms with Crippen LogP contribution in [0.5, 0.6) is 0 Å². The van der Waals surface area contributed by atoms with Crippen LogP contribution < -0.4 is 10.6 Å². The Bertz CT molecular complexity index is 806. The van der Waals surface area contributed by atoms with Gasteiger partial charge in [0, 0.05) is 25.0 Å². The van der Waals surface area contributed by atoms with Crippen molar-refractivity contribution >= 4 is 5.82 Å². The zero-order valence-corrected chi connectivity index (χ0v) is 17.0. The van der Waals surface area contributed by atoms with Gasteiger partial charge in [0.25, 0.3) is 0 Å². The summed E-state index contributed by atoms with van der Waals surface area (Å²) in [7, 11) is 1.95. The Balaban J connectivity index is 1.77. The Hall–Kier alpha value is -2.79. The van der Waals surface area contributed by atoms with Crippen LogP contribution >= 0.6 is 0 Å². The van der Waals surface area contributed by atoms with Gasteiger partial charge in [-0.1, -0.05) is 31.9 Å². The quantitative estimate of drug-likeness (QED) is 0.640. The second-order valence-electron chi connectivity index (χ2n) is 7.33. The summed E-state index contributed by atoms with van der Waals surface area (Å²) in [6.07, 6.45) is 8.06. The Labute approximate surface area is 168 Å². The number of aromatic nitrogens is 1. The molecule has 2 aliphatic heterocycles. The second-order valence-corrected chi connectivity index (χ2v) is 7.33. The molecule has 2 bridgehead atoms. The predicted octanol–water partition coefficient (Wildman–Crippen LogP) is 3.86. The summed E-state index contributed by atoms with van der Waals surface area (Å²) in [4.78, 5) is 9.12. The highest BCUT2D eigenvalue weighted by Gasteiger charge is 2.36. The molecule has 28 heavy (non-hydrogen) atoms. The van der Waals surface area contributed by atoms with Crippen LogP contribution in [0.2, 0.25) is 0 Å². The van der Waals surface area contributed by atoms with E-state index in [1.165, 1.54) is 11.4 Å². The molecule has 0 radical (unpaired) electrons. The van der Waals surface area contributed by atoms with E-state index in [2.05, 4.69) is 64.2 Å². The van der Waals surface area contributed by atoms with Gasteiger partial charge in [0.05, 0.1) is 11.7 Å². The van der Waals surface area contributed by atoms with Gasteiger partial charge in [-0.25, -0.2) is 4.98 Å². The minimum atomic E-state index is 0.439. The monoisotopic (exact) mass is 377 g/mol. The number of hydrogen-bond acceptors (Lipinski definition) is 5. The summed E-state index contributed by atoms with van der Waals surface area (Å²) in [6, 6.07) is 6.28. The lowest BCUT2D eigenvalue weighted by molar-refractivity contribution is 0.269. The van der Waals surface area contributed by atoms with Crippen molar-refractivity contribution in [2.45, 2.75) is 25.8 Å². The number of hydrogen-bond donors (Lipinski definition) is 2. The Kier molecular flexibility index (Phi) is 6.37. The third-order valence-corrected chi connectivity index (χ3v) is 5.40. The van der Waals surface area contributed by atoms with Crippen LogP contribution in [0, 0.1) is 0 Å². The lowest BCUT2D eigenvalue weighted by Gasteiger charge is -2.39. The number of nitrogens with one attached hydrogen (secondary N) is 2. The van der Waals surface area contributed by atoms with Gasteiger partial charge in [0.1, 0.15) is 11.6 Å². The summed E-state index contributed by atoms with van der Waals surface area (Å²) in [6.45, 7) is 17.8.